The average molecular weight is 280 g/mol. The van der Waals surface area contributed by atoms with Crippen LogP contribution in [0.2, 0.25) is 0 Å². The van der Waals surface area contributed by atoms with Gasteiger partial charge in [-0.15, -0.1) is 10.2 Å². The summed E-state index contributed by atoms with van der Waals surface area (Å²) >= 11 is 1.36. The number of hydrogen-bond acceptors (Lipinski definition) is 5. The summed E-state index contributed by atoms with van der Waals surface area (Å²) in [5.74, 6) is 1.63. The lowest BCUT2D eigenvalue weighted by molar-refractivity contribution is -0.140. The molecule has 3 rings (SSSR count). The van der Waals surface area contributed by atoms with Gasteiger partial charge in [-0.25, -0.2) is 0 Å². The van der Waals surface area contributed by atoms with E-state index in [1.165, 1.54) is 29.5 Å². The second-order valence-corrected chi connectivity index (χ2v) is 5.95. The molecule has 19 heavy (non-hydrogen) atoms. The molecule has 2 aliphatic rings. The Hall–Kier alpha value is -1.37. The molecular weight excluding hydrogens is 264 g/mol. The molecule has 0 unspecified atom stereocenters. The van der Waals surface area contributed by atoms with E-state index >= 15 is 0 Å². The largest absolute Gasteiger partial charge is 0.309 e. The fraction of sp³-hybridized carbons (Fsp3) is 0.667. The summed E-state index contributed by atoms with van der Waals surface area (Å²) in [5, 5.41) is 9.04. The molecule has 1 aliphatic carbocycles. The Morgan fingerprint density at radius 1 is 1.42 bits per heavy atom. The van der Waals surface area contributed by atoms with Crippen LogP contribution >= 0.6 is 11.8 Å². The van der Waals surface area contributed by atoms with E-state index in [4.69, 9.17) is 0 Å². The zero-order chi connectivity index (χ0) is 13.4. The Morgan fingerprint density at radius 3 is 2.84 bits per heavy atom. The van der Waals surface area contributed by atoms with Gasteiger partial charge in [0.2, 0.25) is 11.8 Å². The molecular formula is C12H16N4O2S. The van der Waals surface area contributed by atoms with E-state index in [2.05, 4.69) is 10.2 Å². The fourth-order valence-electron chi connectivity index (χ4n) is 2.26. The van der Waals surface area contributed by atoms with Crippen molar-refractivity contribution >= 4 is 23.6 Å². The SMILES string of the molecule is Cn1c(SCC(=O)N2CCCC2=O)nnc1C1CC1. The van der Waals surface area contributed by atoms with Crippen molar-refractivity contribution in [2.45, 2.75) is 36.8 Å². The van der Waals surface area contributed by atoms with Gasteiger partial charge in [-0.05, 0) is 19.3 Å². The monoisotopic (exact) mass is 280 g/mol. The number of nitrogens with zero attached hydrogens (tertiary/aromatic N) is 4. The van der Waals surface area contributed by atoms with Gasteiger partial charge in [-0.2, -0.15) is 0 Å². The van der Waals surface area contributed by atoms with Crippen molar-refractivity contribution in [2.75, 3.05) is 12.3 Å². The van der Waals surface area contributed by atoms with Crippen LogP contribution in [0.25, 0.3) is 0 Å². The first kappa shape index (κ1) is 12.7. The van der Waals surface area contributed by atoms with Crippen LogP contribution in [-0.2, 0) is 16.6 Å². The van der Waals surface area contributed by atoms with Gasteiger partial charge >= 0.3 is 0 Å². The zero-order valence-electron chi connectivity index (χ0n) is 10.8. The van der Waals surface area contributed by atoms with Gasteiger partial charge in [-0.1, -0.05) is 11.8 Å². The number of amides is 2. The summed E-state index contributed by atoms with van der Waals surface area (Å²) in [5.41, 5.74) is 0. The normalized spacial score (nSPS) is 19.2. The highest BCUT2D eigenvalue weighted by Gasteiger charge is 2.30. The minimum absolute atomic E-state index is 0.0535. The van der Waals surface area contributed by atoms with Crippen molar-refractivity contribution in [1.29, 1.82) is 0 Å². The highest BCUT2D eigenvalue weighted by atomic mass is 32.2. The molecule has 7 heteroatoms. The van der Waals surface area contributed by atoms with Crippen molar-refractivity contribution in [3.8, 4) is 0 Å². The lowest BCUT2D eigenvalue weighted by Gasteiger charge is -2.12. The average Bonchev–Trinajstić information content (AvgIpc) is 3.04. The predicted octanol–water partition coefficient (Wildman–Crippen LogP) is 0.934. The Bertz CT molecular complexity index is 524. The molecule has 2 fully saturated rings. The third-order valence-corrected chi connectivity index (χ3v) is 4.52. The molecule has 2 heterocycles. The van der Waals surface area contributed by atoms with Crippen molar-refractivity contribution in [3.63, 3.8) is 0 Å². The zero-order valence-corrected chi connectivity index (χ0v) is 11.7. The van der Waals surface area contributed by atoms with Crippen LogP contribution in [0.1, 0.15) is 37.4 Å². The first-order valence-corrected chi connectivity index (χ1v) is 7.50. The number of hydrogen-bond donors (Lipinski definition) is 0. The summed E-state index contributed by atoms with van der Waals surface area (Å²) in [7, 11) is 1.93. The molecule has 1 saturated heterocycles. The van der Waals surface area contributed by atoms with Gasteiger partial charge in [-0.3, -0.25) is 14.5 Å². The van der Waals surface area contributed by atoms with Gasteiger partial charge in [0.1, 0.15) is 5.82 Å². The van der Waals surface area contributed by atoms with Crippen LogP contribution in [0.3, 0.4) is 0 Å². The molecule has 1 aliphatic heterocycles. The van der Waals surface area contributed by atoms with E-state index in [-0.39, 0.29) is 17.6 Å². The van der Waals surface area contributed by atoms with Gasteiger partial charge < -0.3 is 4.57 Å². The highest BCUT2D eigenvalue weighted by Crippen LogP contribution is 2.39. The van der Waals surface area contributed by atoms with E-state index in [1.807, 2.05) is 11.6 Å². The summed E-state index contributed by atoms with van der Waals surface area (Å²) in [4.78, 5) is 24.7. The van der Waals surface area contributed by atoms with Crippen LogP contribution in [0.5, 0.6) is 0 Å². The van der Waals surface area contributed by atoms with Crippen LogP contribution in [-0.4, -0.2) is 43.8 Å². The lowest BCUT2D eigenvalue weighted by atomic mass is 10.4. The van der Waals surface area contributed by atoms with E-state index < -0.39 is 0 Å². The highest BCUT2D eigenvalue weighted by molar-refractivity contribution is 7.99. The molecule has 0 bridgehead atoms. The Labute approximate surface area is 115 Å². The molecule has 0 radical (unpaired) electrons. The third-order valence-electron chi connectivity index (χ3n) is 3.51. The quantitative estimate of drug-likeness (QED) is 0.768. The Balaban J connectivity index is 1.59. The van der Waals surface area contributed by atoms with Gasteiger partial charge in [0.05, 0.1) is 5.75 Å². The first-order valence-electron chi connectivity index (χ1n) is 6.52. The third kappa shape index (κ3) is 2.51. The molecule has 1 aromatic rings. The van der Waals surface area contributed by atoms with Gasteiger partial charge in [0, 0.05) is 25.9 Å². The maximum absolute atomic E-state index is 11.9. The van der Waals surface area contributed by atoms with Crippen molar-refractivity contribution in [1.82, 2.24) is 19.7 Å². The molecule has 0 N–H and O–H groups in total. The Kier molecular flexibility index (Phi) is 3.30. The second-order valence-electron chi connectivity index (χ2n) is 5.01. The number of carbonyl (C=O) groups is 2. The topological polar surface area (TPSA) is 68.1 Å². The number of thioether (sulfide) groups is 1. The summed E-state index contributed by atoms with van der Waals surface area (Å²) in [6.45, 7) is 0.560. The minimum atomic E-state index is -0.122. The lowest BCUT2D eigenvalue weighted by Crippen LogP contribution is -2.33. The molecule has 1 saturated carbocycles. The number of rotatable bonds is 4. The van der Waals surface area contributed by atoms with Gasteiger partial charge in [0.15, 0.2) is 5.16 Å². The number of likely N-dealkylation sites (tertiary alicyclic amines) is 1. The maximum atomic E-state index is 11.9. The van der Waals surface area contributed by atoms with Crippen LogP contribution < -0.4 is 0 Å². The molecule has 0 atom stereocenters. The van der Waals surface area contributed by atoms with E-state index in [0.29, 0.717) is 18.9 Å². The standard InChI is InChI=1S/C12H16N4O2S/c1-15-11(8-4-5-8)13-14-12(15)19-7-10(18)16-6-2-3-9(16)17/h8H,2-7H2,1H3. The molecule has 102 valence electrons. The number of imide groups is 1. The molecule has 0 aromatic carbocycles. The van der Waals surface area contributed by atoms with Crippen LogP contribution in [0.4, 0.5) is 0 Å². The van der Waals surface area contributed by atoms with Crippen molar-refractivity contribution < 1.29 is 9.59 Å². The van der Waals surface area contributed by atoms with Gasteiger partial charge in [0.25, 0.3) is 0 Å². The van der Waals surface area contributed by atoms with E-state index in [9.17, 15) is 9.59 Å². The summed E-state index contributed by atoms with van der Waals surface area (Å²) in [6, 6.07) is 0. The van der Waals surface area contributed by atoms with Crippen molar-refractivity contribution in [3.05, 3.63) is 5.82 Å². The Morgan fingerprint density at radius 2 is 2.21 bits per heavy atom. The van der Waals surface area contributed by atoms with Crippen LogP contribution in [0.15, 0.2) is 5.16 Å². The summed E-state index contributed by atoms with van der Waals surface area (Å²) in [6.07, 6.45) is 3.63. The van der Waals surface area contributed by atoms with E-state index in [0.717, 1.165) is 17.4 Å². The molecule has 0 spiro atoms. The fourth-order valence-corrected chi connectivity index (χ4v) is 3.06. The number of aromatic nitrogens is 3. The maximum Gasteiger partial charge on any atom is 0.239 e. The van der Waals surface area contributed by atoms with Crippen molar-refractivity contribution in [2.24, 2.45) is 7.05 Å². The molecule has 2 amide bonds. The molecule has 6 nitrogen and oxygen atoms in total. The second kappa shape index (κ2) is 4.96. The minimum Gasteiger partial charge on any atom is -0.309 e. The summed E-state index contributed by atoms with van der Waals surface area (Å²) < 4.78 is 1.96. The smallest absolute Gasteiger partial charge is 0.239 e. The molecule has 1 aromatic heterocycles. The van der Waals surface area contributed by atoms with E-state index in [1.54, 1.807) is 0 Å². The first-order chi connectivity index (χ1) is 9.16. The van der Waals surface area contributed by atoms with Crippen LogP contribution in [0, 0.1) is 0 Å². The number of carbonyl (C=O) groups excluding carboxylic acids is 2. The predicted molar refractivity (Wildman–Crippen MR) is 69.7 cm³/mol.